The Kier molecular flexibility index (Phi) is 3.91. The van der Waals surface area contributed by atoms with E-state index in [9.17, 15) is 15.0 Å². The van der Waals surface area contributed by atoms with E-state index >= 15 is 0 Å². The van der Waals surface area contributed by atoms with Crippen LogP contribution in [-0.4, -0.2) is 16.1 Å². The number of carbonyl (C=O) groups excluding carboxylic acids is 1. The maximum atomic E-state index is 12.1. The van der Waals surface area contributed by atoms with E-state index in [1.54, 1.807) is 12.1 Å². The fraction of sp³-hybridized carbons (Fsp3) is 0.133. The minimum Gasteiger partial charge on any atom is -0.508 e. The average Bonchev–Trinajstić information content (AvgIpc) is 2.37. The third kappa shape index (κ3) is 3.07. The largest absolute Gasteiger partial charge is 0.508 e. The van der Waals surface area contributed by atoms with Gasteiger partial charge in [-0.25, -0.2) is 0 Å². The molecule has 0 aliphatic heterocycles. The van der Waals surface area contributed by atoms with Gasteiger partial charge in [-0.1, -0.05) is 18.2 Å². The number of phenols is 2. The Labute approximate surface area is 116 Å². The smallest absolute Gasteiger partial charge is 0.255 e. The summed E-state index contributed by atoms with van der Waals surface area (Å²) in [4.78, 5) is 12.1. The van der Waals surface area contributed by atoms with E-state index in [1.165, 1.54) is 12.1 Å². The summed E-state index contributed by atoms with van der Waals surface area (Å²) in [6.07, 6.45) is 0. The Morgan fingerprint density at radius 3 is 2.35 bits per heavy atom. The van der Waals surface area contributed by atoms with Crippen LogP contribution in [-0.2, 0) is 0 Å². The topological polar surface area (TPSA) is 95.6 Å². The Bertz CT molecular complexity index is 619. The summed E-state index contributed by atoms with van der Waals surface area (Å²) < 4.78 is 0. The SMILES string of the molecule is CC(N)c1ccccc1NC(=O)c1cc(O)cc(O)c1. The Hall–Kier alpha value is -2.53. The molecule has 1 unspecified atom stereocenters. The lowest BCUT2D eigenvalue weighted by Gasteiger charge is -2.13. The van der Waals surface area contributed by atoms with E-state index < -0.39 is 5.91 Å². The molecule has 0 bridgehead atoms. The number of nitrogens with two attached hydrogens (primary N) is 1. The van der Waals surface area contributed by atoms with Gasteiger partial charge in [-0.3, -0.25) is 4.79 Å². The van der Waals surface area contributed by atoms with Crippen molar-refractivity contribution < 1.29 is 15.0 Å². The van der Waals surface area contributed by atoms with E-state index in [4.69, 9.17) is 5.73 Å². The summed E-state index contributed by atoms with van der Waals surface area (Å²) in [5, 5.41) is 21.5. The van der Waals surface area contributed by atoms with Gasteiger partial charge in [-0.15, -0.1) is 0 Å². The molecule has 0 saturated carbocycles. The van der Waals surface area contributed by atoms with E-state index in [0.717, 1.165) is 11.6 Å². The highest BCUT2D eigenvalue weighted by Crippen LogP contribution is 2.24. The number of hydrogen-bond donors (Lipinski definition) is 4. The van der Waals surface area contributed by atoms with Gasteiger partial charge >= 0.3 is 0 Å². The van der Waals surface area contributed by atoms with E-state index in [-0.39, 0.29) is 23.1 Å². The van der Waals surface area contributed by atoms with Crippen molar-refractivity contribution >= 4 is 11.6 Å². The number of nitrogens with one attached hydrogen (secondary N) is 1. The van der Waals surface area contributed by atoms with Gasteiger partial charge in [0, 0.05) is 23.4 Å². The normalized spacial score (nSPS) is 11.9. The summed E-state index contributed by atoms with van der Waals surface area (Å²) in [6, 6.07) is 10.7. The van der Waals surface area contributed by atoms with Crippen LogP contribution in [0.15, 0.2) is 42.5 Å². The zero-order chi connectivity index (χ0) is 14.7. The molecule has 0 aliphatic rings. The molecule has 2 rings (SSSR count). The number of hydrogen-bond acceptors (Lipinski definition) is 4. The standard InChI is InChI=1S/C15H16N2O3/c1-9(16)13-4-2-3-5-14(13)17-15(20)10-6-11(18)8-12(19)7-10/h2-9,18-19H,16H2,1H3,(H,17,20). The van der Waals surface area contributed by atoms with Crippen LogP contribution in [0.4, 0.5) is 5.69 Å². The first kappa shape index (κ1) is 13.9. The molecule has 104 valence electrons. The van der Waals surface area contributed by atoms with Crippen LogP contribution >= 0.6 is 0 Å². The van der Waals surface area contributed by atoms with Gasteiger partial charge in [-0.2, -0.15) is 0 Å². The van der Waals surface area contributed by atoms with Crippen LogP contribution in [0, 0.1) is 0 Å². The van der Waals surface area contributed by atoms with Crippen molar-refractivity contribution in [2.75, 3.05) is 5.32 Å². The summed E-state index contributed by atoms with van der Waals surface area (Å²) in [6.45, 7) is 1.82. The van der Waals surface area contributed by atoms with Crippen molar-refractivity contribution in [3.8, 4) is 11.5 Å². The third-order valence-corrected chi connectivity index (χ3v) is 2.86. The number of phenolic OH excluding ortho intramolecular Hbond substituents is 2. The monoisotopic (exact) mass is 272 g/mol. The first-order chi connectivity index (χ1) is 9.47. The third-order valence-electron chi connectivity index (χ3n) is 2.86. The van der Waals surface area contributed by atoms with E-state index in [0.29, 0.717) is 5.69 Å². The summed E-state index contributed by atoms with van der Waals surface area (Å²) in [5.41, 5.74) is 7.43. The molecule has 5 nitrogen and oxygen atoms in total. The van der Waals surface area contributed by atoms with Crippen molar-refractivity contribution in [2.45, 2.75) is 13.0 Å². The van der Waals surface area contributed by atoms with Gasteiger partial charge in [0.2, 0.25) is 0 Å². The lowest BCUT2D eigenvalue weighted by atomic mass is 10.1. The maximum absolute atomic E-state index is 12.1. The Morgan fingerprint density at radius 2 is 1.75 bits per heavy atom. The van der Waals surface area contributed by atoms with Crippen molar-refractivity contribution in [1.82, 2.24) is 0 Å². The summed E-state index contributed by atoms with van der Waals surface area (Å²) >= 11 is 0. The molecule has 0 aromatic heterocycles. The molecule has 5 N–H and O–H groups in total. The summed E-state index contributed by atoms with van der Waals surface area (Å²) in [7, 11) is 0. The molecule has 20 heavy (non-hydrogen) atoms. The van der Waals surface area contributed by atoms with Crippen molar-refractivity contribution in [1.29, 1.82) is 0 Å². The molecule has 0 aliphatic carbocycles. The molecule has 1 amide bonds. The van der Waals surface area contributed by atoms with Crippen LogP contribution in [0.3, 0.4) is 0 Å². The number of amides is 1. The second kappa shape index (κ2) is 5.63. The Morgan fingerprint density at radius 1 is 1.15 bits per heavy atom. The van der Waals surface area contributed by atoms with Gasteiger partial charge in [0.15, 0.2) is 0 Å². The number of benzene rings is 2. The predicted molar refractivity (Wildman–Crippen MR) is 76.8 cm³/mol. The number of rotatable bonds is 3. The van der Waals surface area contributed by atoms with Crippen molar-refractivity contribution in [3.63, 3.8) is 0 Å². The molecular formula is C15H16N2O3. The number of anilines is 1. The van der Waals surface area contributed by atoms with Gasteiger partial charge < -0.3 is 21.3 Å². The molecule has 0 radical (unpaired) electrons. The second-order valence-electron chi connectivity index (χ2n) is 4.57. The van der Waals surface area contributed by atoms with Crippen molar-refractivity contribution in [2.24, 2.45) is 5.73 Å². The highest BCUT2D eigenvalue weighted by molar-refractivity contribution is 6.05. The van der Waals surface area contributed by atoms with Crippen LogP contribution in [0.1, 0.15) is 28.9 Å². The number of para-hydroxylation sites is 1. The number of aromatic hydroxyl groups is 2. The van der Waals surface area contributed by atoms with Gasteiger partial charge in [0.1, 0.15) is 11.5 Å². The minimum absolute atomic E-state index is 0.168. The van der Waals surface area contributed by atoms with Gasteiger partial charge in [0.25, 0.3) is 5.91 Å². The minimum atomic E-state index is -0.427. The lowest BCUT2D eigenvalue weighted by Crippen LogP contribution is -2.15. The van der Waals surface area contributed by atoms with Crippen LogP contribution in [0.5, 0.6) is 11.5 Å². The lowest BCUT2D eigenvalue weighted by molar-refractivity contribution is 0.102. The summed E-state index contributed by atoms with van der Waals surface area (Å²) in [5.74, 6) is -0.768. The Balaban J connectivity index is 2.28. The molecule has 2 aromatic carbocycles. The average molecular weight is 272 g/mol. The molecule has 2 aromatic rings. The zero-order valence-corrected chi connectivity index (χ0v) is 11.0. The molecule has 1 atom stereocenters. The first-order valence-electron chi connectivity index (χ1n) is 6.16. The highest BCUT2D eigenvalue weighted by atomic mass is 16.3. The predicted octanol–water partition coefficient (Wildman–Crippen LogP) is 2.37. The van der Waals surface area contributed by atoms with Gasteiger partial charge in [0.05, 0.1) is 0 Å². The first-order valence-corrected chi connectivity index (χ1v) is 6.16. The quantitative estimate of drug-likeness (QED) is 0.689. The molecule has 0 spiro atoms. The molecule has 0 fully saturated rings. The number of carbonyl (C=O) groups is 1. The zero-order valence-electron chi connectivity index (χ0n) is 11.0. The van der Waals surface area contributed by atoms with Crippen LogP contribution in [0.2, 0.25) is 0 Å². The van der Waals surface area contributed by atoms with Crippen LogP contribution in [0.25, 0.3) is 0 Å². The highest BCUT2D eigenvalue weighted by Gasteiger charge is 2.12. The molecule has 0 heterocycles. The van der Waals surface area contributed by atoms with E-state index in [2.05, 4.69) is 5.32 Å². The molecule has 5 heteroatoms. The molecular weight excluding hydrogens is 256 g/mol. The van der Waals surface area contributed by atoms with E-state index in [1.807, 2.05) is 19.1 Å². The fourth-order valence-corrected chi connectivity index (χ4v) is 1.93. The van der Waals surface area contributed by atoms with Crippen molar-refractivity contribution in [3.05, 3.63) is 53.6 Å². The molecule has 0 saturated heterocycles. The maximum Gasteiger partial charge on any atom is 0.255 e. The van der Waals surface area contributed by atoms with Crippen LogP contribution < -0.4 is 11.1 Å². The van der Waals surface area contributed by atoms with Gasteiger partial charge in [-0.05, 0) is 30.7 Å². The second-order valence-corrected chi connectivity index (χ2v) is 4.57. The fourth-order valence-electron chi connectivity index (χ4n) is 1.93.